The fourth-order valence-corrected chi connectivity index (χ4v) is 6.74. The molecule has 1 heteroatoms. The van der Waals surface area contributed by atoms with E-state index in [4.69, 9.17) is 19.5 Å². The molecule has 0 amide bonds. The van der Waals surface area contributed by atoms with E-state index in [2.05, 4.69) is 0 Å². The molecule has 9 aromatic carbocycles. The van der Waals surface area contributed by atoms with E-state index in [9.17, 15) is 8.22 Å². The average molecular weight is 640 g/mol. The highest BCUT2D eigenvalue weighted by Crippen LogP contribution is 2.48. The van der Waals surface area contributed by atoms with Gasteiger partial charge in [0.2, 0.25) is 0 Å². The first-order chi connectivity index (χ1) is 31.4. The minimum absolute atomic E-state index is 0.0524. The van der Waals surface area contributed by atoms with Crippen LogP contribution in [0.4, 0.5) is 0 Å². The standard InChI is InChI=1S/C48H30O/c1-3-14-31(15-4-1)33-26-29-44-43(30-33)48-42(24-13-25-45(48)49-44)47-39-22-11-9-20-37(39)46(38-21-10-12-23-40(38)47)41-28-27-34(32-16-5-2-6-17-32)35-18-7-8-19-36(35)41/h1-30H/i2D,5D,6D,7D,8D,13D,16D,17D,18D,19D,24D,25D,26D,27D,28D,29D,30D. The van der Waals surface area contributed by atoms with E-state index in [-0.39, 0.29) is 73.1 Å². The fraction of sp³-hybridized carbons (Fsp3) is 0. The molecule has 0 atom stereocenters. The molecule has 228 valence electrons. The van der Waals surface area contributed by atoms with Gasteiger partial charge in [0, 0.05) is 10.8 Å². The minimum Gasteiger partial charge on any atom is -0.456 e. The summed E-state index contributed by atoms with van der Waals surface area (Å²) in [6, 6.07) is 12.5. The first kappa shape index (κ1) is 15.6. The van der Waals surface area contributed by atoms with E-state index in [1.807, 2.05) is 0 Å². The maximum atomic E-state index is 9.73. The number of benzene rings is 9. The molecular weight excluding hydrogens is 593 g/mol. The largest absolute Gasteiger partial charge is 0.456 e. The maximum Gasteiger partial charge on any atom is 0.136 e. The lowest BCUT2D eigenvalue weighted by molar-refractivity contribution is 0.669. The van der Waals surface area contributed by atoms with Gasteiger partial charge < -0.3 is 4.42 Å². The molecule has 0 unspecified atom stereocenters. The third kappa shape index (κ3) is 4.33. The predicted octanol–water partition coefficient (Wildman–Crippen LogP) is 13.7. The van der Waals surface area contributed by atoms with Crippen molar-refractivity contribution in [3.8, 4) is 44.5 Å². The molecule has 0 bridgehead atoms. The third-order valence-electron chi connectivity index (χ3n) is 8.82. The normalized spacial score (nSPS) is 16.5. The van der Waals surface area contributed by atoms with Crippen LogP contribution in [0.15, 0.2) is 186 Å². The molecule has 0 aliphatic carbocycles. The second kappa shape index (κ2) is 11.1. The second-order valence-corrected chi connectivity index (χ2v) is 11.5. The van der Waals surface area contributed by atoms with Gasteiger partial charge in [0.25, 0.3) is 0 Å². The zero-order chi connectivity index (χ0) is 47.1. The summed E-state index contributed by atoms with van der Waals surface area (Å²) >= 11 is 0. The number of hydrogen-bond donors (Lipinski definition) is 0. The van der Waals surface area contributed by atoms with E-state index in [0.29, 0.717) is 32.7 Å². The molecule has 1 heterocycles. The van der Waals surface area contributed by atoms with Gasteiger partial charge in [-0.3, -0.25) is 0 Å². The fourth-order valence-electron chi connectivity index (χ4n) is 6.74. The Morgan fingerprint density at radius 3 is 1.63 bits per heavy atom. The Morgan fingerprint density at radius 1 is 0.347 bits per heavy atom. The Hall–Kier alpha value is -6.44. The zero-order valence-electron chi connectivity index (χ0n) is 42.4. The van der Waals surface area contributed by atoms with E-state index >= 15 is 0 Å². The molecule has 1 aromatic heterocycles. The Morgan fingerprint density at radius 2 is 0.939 bits per heavy atom. The number of rotatable bonds is 4. The van der Waals surface area contributed by atoms with Gasteiger partial charge in [-0.2, -0.15) is 0 Å². The summed E-state index contributed by atoms with van der Waals surface area (Å²) in [5.41, 5.74) is -0.178. The molecule has 0 fully saturated rings. The lowest BCUT2D eigenvalue weighted by atomic mass is 9.83. The molecule has 0 N–H and O–H groups in total. The Labute approximate surface area is 308 Å². The van der Waals surface area contributed by atoms with Crippen molar-refractivity contribution in [1.82, 2.24) is 0 Å². The van der Waals surface area contributed by atoms with Crippen LogP contribution < -0.4 is 0 Å². The summed E-state index contributed by atoms with van der Waals surface area (Å²) in [5.74, 6) is 0. The summed E-state index contributed by atoms with van der Waals surface area (Å²) in [4.78, 5) is 0. The van der Waals surface area contributed by atoms with Crippen molar-refractivity contribution in [3.63, 3.8) is 0 Å². The predicted molar refractivity (Wildman–Crippen MR) is 208 cm³/mol. The van der Waals surface area contributed by atoms with Crippen LogP contribution in [0.3, 0.4) is 0 Å². The van der Waals surface area contributed by atoms with Crippen LogP contribution >= 0.6 is 0 Å². The van der Waals surface area contributed by atoms with Gasteiger partial charge in [0.1, 0.15) is 11.2 Å². The quantitative estimate of drug-likeness (QED) is 0.175. The smallest absolute Gasteiger partial charge is 0.136 e. The Balaban J connectivity index is 1.42. The van der Waals surface area contributed by atoms with Crippen LogP contribution in [0.2, 0.25) is 0 Å². The second-order valence-electron chi connectivity index (χ2n) is 11.5. The monoisotopic (exact) mass is 639 g/mol. The van der Waals surface area contributed by atoms with Crippen molar-refractivity contribution < 1.29 is 27.7 Å². The molecule has 10 aromatic rings. The summed E-state index contributed by atoms with van der Waals surface area (Å²) in [7, 11) is 0. The lowest BCUT2D eigenvalue weighted by Gasteiger charge is -2.20. The zero-order valence-corrected chi connectivity index (χ0v) is 25.4. The van der Waals surface area contributed by atoms with Crippen LogP contribution in [-0.4, -0.2) is 0 Å². The summed E-state index contributed by atoms with van der Waals surface area (Å²) in [5, 5.41) is 1.05. The van der Waals surface area contributed by atoms with Gasteiger partial charge in [0.05, 0.1) is 23.3 Å². The number of hydrogen-bond acceptors (Lipinski definition) is 1. The van der Waals surface area contributed by atoms with Crippen molar-refractivity contribution >= 4 is 54.3 Å². The SMILES string of the molecule is [2H]c1c([2H])c([2H])c(-c2c([2H])c([2H])c(-c3c4ccccc4c(-c4c([2H])c([2H])c([2H])c5oc6c([2H])c([2H])c(-c7ccccc7)c([2H])c6c45)c4ccccc34)c3c([2H])c([2H])c([2H])c([2H])c23)c([2H])c1[2H]. The lowest BCUT2D eigenvalue weighted by Crippen LogP contribution is -1.92. The van der Waals surface area contributed by atoms with Gasteiger partial charge in [-0.15, -0.1) is 0 Å². The summed E-state index contributed by atoms with van der Waals surface area (Å²) < 4.78 is 159. The van der Waals surface area contributed by atoms with Crippen molar-refractivity contribution in [3.05, 3.63) is 182 Å². The minimum atomic E-state index is -0.738. The van der Waals surface area contributed by atoms with Crippen molar-refractivity contribution in [2.75, 3.05) is 0 Å². The van der Waals surface area contributed by atoms with E-state index in [1.54, 1.807) is 78.9 Å². The van der Waals surface area contributed by atoms with Gasteiger partial charge in [-0.1, -0.05) is 163 Å². The summed E-state index contributed by atoms with van der Waals surface area (Å²) in [6.07, 6.45) is 0. The molecule has 49 heavy (non-hydrogen) atoms. The molecule has 0 saturated carbocycles. The van der Waals surface area contributed by atoms with E-state index in [0.717, 1.165) is 0 Å². The third-order valence-corrected chi connectivity index (χ3v) is 8.82. The van der Waals surface area contributed by atoms with Crippen LogP contribution in [-0.2, 0) is 0 Å². The van der Waals surface area contributed by atoms with Gasteiger partial charge >= 0.3 is 0 Å². The molecular formula is C48H30O. The first-order valence-corrected chi connectivity index (χ1v) is 15.5. The van der Waals surface area contributed by atoms with Gasteiger partial charge in [0.15, 0.2) is 0 Å². The van der Waals surface area contributed by atoms with E-state index < -0.39 is 95.7 Å². The van der Waals surface area contributed by atoms with Crippen molar-refractivity contribution in [2.24, 2.45) is 0 Å². The maximum absolute atomic E-state index is 9.73. The highest BCUT2D eigenvalue weighted by molar-refractivity contribution is 6.27. The molecule has 0 saturated heterocycles. The number of fused-ring (bicyclic) bond motifs is 6. The van der Waals surface area contributed by atoms with Crippen LogP contribution in [0.25, 0.3) is 98.8 Å². The van der Waals surface area contributed by atoms with Gasteiger partial charge in [-0.05, 0) is 95.0 Å². The topological polar surface area (TPSA) is 13.1 Å². The van der Waals surface area contributed by atoms with Crippen LogP contribution in [0.1, 0.15) is 23.3 Å². The molecule has 0 radical (unpaired) electrons. The van der Waals surface area contributed by atoms with Crippen LogP contribution in [0.5, 0.6) is 0 Å². The van der Waals surface area contributed by atoms with E-state index in [1.165, 1.54) is 0 Å². The van der Waals surface area contributed by atoms with Crippen molar-refractivity contribution in [1.29, 1.82) is 0 Å². The molecule has 0 spiro atoms. The molecule has 1 nitrogen and oxygen atoms in total. The highest BCUT2D eigenvalue weighted by atomic mass is 16.3. The average Bonchev–Trinajstić information content (AvgIpc) is 3.73. The molecule has 0 aliphatic heterocycles. The molecule has 10 rings (SSSR count). The van der Waals surface area contributed by atoms with Crippen molar-refractivity contribution in [2.45, 2.75) is 0 Å². The Bertz CT molecular complexity index is 3760. The molecule has 0 aliphatic rings. The summed E-state index contributed by atoms with van der Waals surface area (Å²) in [6.45, 7) is 0. The van der Waals surface area contributed by atoms with Gasteiger partial charge in [-0.25, -0.2) is 0 Å². The highest BCUT2D eigenvalue weighted by Gasteiger charge is 2.21. The first-order valence-electron chi connectivity index (χ1n) is 24.0. The Kier molecular flexibility index (Phi) is 3.54. The number of furan rings is 1. The van der Waals surface area contributed by atoms with Crippen LogP contribution in [0, 0.1) is 0 Å².